The Kier molecular flexibility index (Phi) is 2.91. The summed E-state index contributed by atoms with van der Waals surface area (Å²) in [6.45, 7) is 0. The van der Waals surface area contributed by atoms with Gasteiger partial charge >= 0.3 is 5.97 Å². The van der Waals surface area contributed by atoms with Crippen LogP contribution in [0.5, 0.6) is 0 Å². The number of halogens is 1. The van der Waals surface area contributed by atoms with Crippen LogP contribution in [0.1, 0.15) is 18.2 Å². The molecule has 18 heavy (non-hydrogen) atoms. The number of aliphatic carboxylic acids is 1. The molecule has 2 heterocycles. The topological polar surface area (TPSA) is 63.1 Å². The summed E-state index contributed by atoms with van der Waals surface area (Å²) in [7, 11) is 0. The van der Waals surface area contributed by atoms with Crippen LogP contribution in [-0.4, -0.2) is 21.0 Å². The largest absolute Gasteiger partial charge is 0.481 e. The zero-order valence-corrected chi connectivity index (χ0v) is 11.6. The third kappa shape index (κ3) is 2.18. The molecule has 4 nitrogen and oxygen atoms in total. The smallest absolute Gasteiger partial charge is 0.307 e. The molecule has 0 aliphatic heterocycles. The van der Waals surface area contributed by atoms with E-state index in [2.05, 4.69) is 25.9 Å². The molecule has 0 bridgehead atoms. The van der Waals surface area contributed by atoms with Crippen molar-refractivity contribution in [2.45, 2.75) is 12.3 Å². The Morgan fingerprint density at radius 2 is 2.28 bits per heavy atom. The average Bonchev–Trinajstić information content (AvgIpc) is 3.06. The maximum absolute atomic E-state index is 10.8. The van der Waals surface area contributed by atoms with E-state index in [0.717, 1.165) is 14.4 Å². The number of carboxylic acids is 1. The molecule has 92 valence electrons. The fraction of sp³-hybridized carbons (Fsp3) is 0.250. The molecule has 0 saturated heterocycles. The second-order valence-electron chi connectivity index (χ2n) is 4.19. The summed E-state index contributed by atoms with van der Waals surface area (Å²) in [6.07, 6.45) is 2.34. The summed E-state index contributed by atoms with van der Waals surface area (Å²) in [6, 6.07) is 5.81. The highest BCUT2D eigenvalue weighted by Crippen LogP contribution is 2.46. The third-order valence-electron chi connectivity index (χ3n) is 2.94. The van der Waals surface area contributed by atoms with Gasteiger partial charge in [0.25, 0.3) is 0 Å². The van der Waals surface area contributed by atoms with Gasteiger partial charge in [-0.1, -0.05) is 0 Å². The number of aromatic nitrogens is 2. The molecule has 2 aromatic rings. The monoisotopic (exact) mass is 324 g/mol. The Morgan fingerprint density at radius 1 is 1.44 bits per heavy atom. The Hall–Kier alpha value is -1.27. The highest BCUT2D eigenvalue weighted by atomic mass is 79.9. The first-order chi connectivity index (χ1) is 8.65. The van der Waals surface area contributed by atoms with Crippen molar-refractivity contribution < 1.29 is 9.90 Å². The van der Waals surface area contributed by atoms with E-state index in [1.54, 1.807) is 17.5 Å². The molecule has 1 aliphatic rings. The summed E-state index contributed by atoms with van der Waals surface area (Å²) in [5.41, 5.74) is 0.853. The number of hydrogen-bond donors (Lipinski definition) is 1. The molecular formula is C12H9BrN2O2S. The van der Waals surface area contributed by atoms with Crippen LogP contribution in [0.15, 0.2) is 28.2 Å². The quantitative estimate of drug-likeness (QED) is 0.941. The second kappa shape index (κ2) is 4.44. The molecule has 0 aromatic carbocycles. The number of thiophene rings is 1. The molecule has 0 amide bonds. The van der Waals surface area contributed by atoms with Crippen molar-refractivity contribution in [3.05, 3.63) is 34.0 Å². The van der Waals surface area contributed by atoms with E-state index in [1.165, 1.54) is 0 Å². The first-order valence-electron chi connectivity index (χ1n) is 5.46. The molecule has 0 spiro atoms. The van der Waals surface area contributed by atoms with E-state index in [0.29, 0.717) is 12.2 Å². The fourth-order valence-corrected chi connectivity index (χ4v) is 3.25. The van der Waals surface area contributed by atoms with Crippen molar-refractivity contribution in [1.82, 2.24) is 9.97 Å². The van der Waals surface area contributed by atoms with Gasteiger partial charge in [0, 0.05) is 12.1 Å². The van der Waals surface area contributed by atoms with Gasteiger partial charge in [0.05, 0.1) is 20.3 Å². The summed E-state index contributed by atoms with van der Waals surface area (Å²) in [4.78, 5) is 20.5. The molecule has 3 rings (SSSR count). The van der Waals surface area contributed by atoms with E-state index >= 15 is 0 Å². The Bertz CT molecular complexity index is 614. The number of carbonyl (C=O) groups is 1. The van der Waals surface area contributed by atoms with Crippen molar-refractivity contribution in [3.63, 3.8) is 0 Å². The van der Waals surface area contributed by atoms with Crippen LogP contribution >= 0.6 is 27.3 Å². The summed E-state index contributed by atoms with van der Waals surface area (Å²) < 4.78 is 1.05. The number of carboxylic acid groups (broad SMARTS) is 1. The van der Waals surface area contributed by atoms with Crippen LogP contribution in [0, 0.1) is 5.92 Å². The van der Waals surface area contributed by atoms with Crippen molar-refractivity contribution in [3.8, 4) is 10.6 Å². The van der Waals surface area contributed by atoms with Crippen LogP contribution in [0.4, 0.5) is 0 Å². The Labute approximate surface area is 116 Å². The van der Waals surface area contributed by atoms with Gasteiger partial charge in [-0.25, -0.2) is 9.97 Å². The van der Waals surface area contributed by atoms with Crippen molar-refractivity contribution in [1.29, 1.82) is 0 Å². The van der Waals surface area contributed by atoms with Gasteiger partial charge in [-0.15, -0.1) is 11.3 Å². The molecule has 2 atom stereocenters. The Balaban J connectivity index is 1.89. The number of hydrogen-bond acceptors (Lipinski definition) is 4. The molecule has 0 radical (unpaired) electrons. The lowest BCUT2D eigenvalue weighted by molar-refractivity contribution is -0.138. The molecule has 2 unspecified atom stereocenters. The van der Waals surface area contributed by atoms with Crippen LogP contribution in [0.25, 0.3) is 10.6 Å². The minimum Gasteiger partial charge on any atom is -0.481 e. The SMILES string of the molecule is O=C(O)C1CC1c1nccc(-c2ccc(Br)s2)n1. The summed E-state index contributed by atoms with van der Waals surface area (Å²) in [5, 5.41) is 8.91. The second-order valence-corrected chi connectivity index (χ2v) is 6.65. The van der Waals surface area contributed by atoms with Gasteiger partial charge in [-0.2, -0.15) is 0 Å². The van der Waals surface area contributed by atoms with Gasteiger partial charge in [0.15, 0.2) is 0 Å². The van der Waals surface area contributed by atoms with Crippen LogP contribution in [0.2, 0.25) is 0 Å². The molecule has 2 aromatic heterocycles. The zero-order chi connectivity index (χ0) is 12.7. The predicted octanol–water partition coefficient (Wildman–Crippen LogP) is 3.16. The van der Waals surface area contributed by atoms with Gasteiger partial charge in [-0.3, -0.25) is 4.79 Å². The van der Waals surface area contributed by atoms with E-state index < -0.39 is 5.97 Å². The maximum Gasteiger partial charge on any atom is 0.307 e. The van der Waals surface area contributed by atoms with Crippen LogP contribution < -0.4 is 0 Å². The van der Waals surface area contributed by atoms with Gasteiger partial charge < -0.3 is 5.11 Å². The Morgan fingerprint density at radius 3 is 2.89 bits per heavy atom. The van der Waals surface area contributed by atoms with E-state index in [-0.39, 0.29) is 11.8 Å². The van der Waals surface area contributed by atoms with E-state index in [9.17, 15) is 4.79 Å². The minimum atomic E-state index is -0.757. The van der Waals surface area contributed by atoms with Crippen molar-refractivity contribution in [2.75, 3.05) is 0 Å². The highest BCUT2D eigenvalue weighted by molar-refractivity contribution is 9.11. The van der Waals surface area contributed by atoms with Gasteiger partial charge in [0.2, 0.25) is 0 Å². The first-order valence-corrected chi connectivity index (χ1v) is 7.07. The van der Waals surface area contributed by atoms with Crippen LogP contribution in [-0.2, 0) is 4.79 Å². The molecule has 6 heteroatoms. The standard InChI is InChI=1S/C12H9BrN2O2S/c13-10-2-1-9(18-10)8-3-4-14-11(15-8)6-5-7(6)12(16)17/h1-4,6-7H,5H2,(H,16,17). The highest BCUT2D eigenvalue weighted by Gasteiger charge is 2.46. The first kappa shape index (κ1) is 11.8. The molecule has 1 saturated carbocycles. The average molecular weight is 325 g/mol. The van der Waals surface area contributed by atoms with Crippen molar-refractivity contribution in [2.24, 2.45) is 5.92 Å². The van der Waals surface area contributed by atoms with E-state index in [4.69, 9.17) is 5.11 Å². The predicted molar refractivity (Wildman–Crippen MR) is 71.5 cm³/mol. The van der Waals surface area contributed by atoms with E-state index in [1.807, 2.05) is 18.2 Å². The molecule has 1 fully saturated rings. The normalized spacial score (nSPS) is 21.8. The van der Waals surface area contributed by atoms with Crippen molar-refractivity contribution >= 4 is 33.2 Å². The molecular weight excluding hydrogens is 316 g/mol. The number of rotatable bonds is 3. The summed E-state index contributed by atoms with van der Waals surface area (Å²) in [5.74, 6) is -0.446. The van der Waals surface area contributed by atoms with Gasteiger partial charge in [0.1, 0.15) is 5.82 Å². The third-order valence-corrected chi connectivity index (χ3v) is 4.59. The minimum absolute atomic E-state index is 0.0224. The maximum atomic E-state index is 10.8. The number of nitrogens with zero attached hydrogens (tertiary/aromatic N) is 2. The lowest BCUT2D eigenvalue weighted by Gasteiger charge is -2.00. The van der Waals surface area contributed by atoms with Gasteiger partial charge in [-0.05, 0) is 40.5 Å². The lowest BCUT2D eigenvalue weighted by Crippen LogP contribution is -2.01. The molecule has 1 N–H and O–H groups in total. The fourth-order valence-electron chi connectivity index (χ4n) is 1.89. The zero-order valence-electron chi connectivity index (χ0n) is 9.21. The summed E-state index contributed by atoms with van der Waals surface area (Å²) >= 11 is 5.01. The lowest BCUT2D eigenvalue weighted by atomic mass is 10.2. The van der Waals surface area contributed by atoms with Crippen LogP contribution in [0.3, 0.4) is 0 Å². The molecule has 1 aliphatic carbocycles.